The van der Waals surface area contributed by atoms with Gasteiger partial charge in [-0.1, -0.05) is 30.3 Å². The van der Waals surface area contributed by atoms with Crippen molar-refractivity contribution in [2.24, 2.45) is 0 Å². The Labute approximate surface area is 163 Å². The quantitative estimate of drug-likeness (QED) is 0.581. The lowest BCUT2D eigenvalue weighted by molar-refractivity contribution is 0.0928. The number of carbonyl (C=O) groups excluding carboxylic acids is 2. The van der Waals surface area contributed by atoms with Gasteiger partial charge in [0.1, 0.15) is 5.75 Å². The molecule has 0 radical (unpaired) electrons. The highest BCUT2D eigenvalue weighted by Gasteiger charge is 2.17. The maximum absolute atomic E-state index is 12.6. The molecule has 0 spiro atoms. The van der Waals surface area contributed by atoms with Gasteiger partial charge in [0.2, 0.25) is 0 Å². The second-order valence-electron chi connectivity index (χ2n) is 5.48. The first-order valence-corrected chi connectivity index (χ1v) is 9.64. The third-order valence-corrected chi connectivity index (χ3v) is 5.49. The van der Waals surface area contributed by atoms with Crippen molar-refractivity contribution in [1.29, 1.82) is 0 Å². The number of hydrogen-bond acceptors (Lipinski definition) is 4. The van der Waals surface area contributed by atoms with Gasteiger partial charge >= 0.3 is 0 Å². The van der Waals surface area contributed by atoms with Crippen molar-refractivity contribution in [3.05, 3.63) is 62.8 Å². The van der Waals surface area contributed by atoms with Crippen LogP contribution in [0.25, 0.3) is 10.8 Å². The fourth-order valence-corrected chi connectivity index (χ4v) is 3.97. The Hall–Kier alpha value is -2.38. The van der Waals surface area contributed by atoms with Gasteiger partial charge in [-0.05, 0) is 44.2 Å². The van der Waals surface area contributed by atoms with Gasteiger partial charge < -0.3 is 15.4 Å². The van der Waals surface area contributed by atoms with E-state index in [1.807, 2.05) is 35.7 Å². The molecule has 2 aromatic carbocycles. The summed E-state index contributed by atoms with van der Waals surface area (Å²) in [6, 6.07) is 13.1. The van der Waals surface area contributed by atoms with Gasteiger partial charge in [0.15, 0.2) is 0 Å². The summed E-state index contributed by atoms with van der Waals surface area (Å²) >= 11 is 4.90. The summed E-state index contributed by atoms with van der Waals surface area (Å²) in [6.45, 7) is 0.670. The highest BCUT2D eigenvalue weighted by Crippen LogP contribution is 2.36. The molecule has 0 saturated carbocycles. The highest BCUT2D eigenvalue weighted by molar-refractivity contribution is 9.10. The smallest absolute Gasteiger partial charge is 0.261 e. The molecule has 0 saturated heterocycles. The molecule has 2 N–H and O–H groups in total. The van der Waals surface area contributed by atoms with Crippen LogP contribution in [0.5, 0.6) is 5.75 Å². The third kappa shape index (κ3) is 3.89. The number of benzene rings is 2. The molecular weight excluding hydrogens is 416 g/mol. The van der Waals surface area contributed by atoms with Crippen molar-refractivity contribution >= 4 is 49.9 Å². The Bertz CT molecular complexity index is 941. The van der Waals surface area contributed by atoms with Crippen LogP contribution in [0.2, 0.25) is 0 Å². The van der Waals surface area contributed by atoms with Crippen LogP contribution in [0.4, 0.5) is 0 Å². The zero-order valence-corrected chi connectivity index (χ0v) is 16.4. The van der Waals surface area contributed by atoms with Crippen molar-refractivity contribution in [2.45, 2.75) is 0 Å². The van der Waals surface area contributed by atoms with Crippen LogP contribution < -0.4 is 15.4 Å². The van der Waals surface area contributed by atoms with E-state index in [0.29, 0.717) is 29.3 Å². The average Bonchev–Trinajstić information content (AvgIpc) is 3.19. The first-order valence-electron chi connectivity index (χ1n) is 7.97. The molecule has 0 aliphatic rings. The van der Waals surface area contributed by atoms with E-state index in [0.717, 1.165) is 15.2 Å². The number of halogens is 1. The topological polar surface area (TPSA) is 67.4 Å². The number of thiophene rings is 1. The molecule has 5 nitrogen and oxygen atoms in total. The lowest BCUT2D eigenvalue weighted by Gasteiger charge is -2.13. The predicted molar refractivity (Wildman–Crippen MR) is 107 cm³/mol. The van der Waals surface area contributed by atoms with E-state index >= 15 is 0 Å². The maximum atomic E-state index is 12.6. The fourth-order valence-electron chi connectivity index (χ4n) is 2.59. The molecular formula is C19H17BrN2O3S. The number of methoxy groups -OCH3 is 1. The van der Waals surface area contributed by atoms with Gasteiger partial charge in [-0.25, -0.2) is 0 Å². The van der Waals surface area contributed by atoms with Gasteiger partial charge in [-0.3, -0.25) is 9.59 Å². The number of nitrogens with one attached hydrogen (secondary N) is 2. The van der Waals surface area contributed by atoms with E-state index in [9.17, 15) is 9.59 Å². The van der Waals surface area contributed by atoms with Crippen LogP contribution in [-0.2, 0) is 0 Å². The summed E-state index contributed by atoms with van der Waals surface area (Å²) in [5.74, 6) is 0.0998. The standard InChI is InChI=1S/C19H17BrN2O3S/c1-25-17-14(11-12-5-2-3-6-13(12)16(17)20)18(23)21-8-9-22-19(24)15-7-4-10-26-15/h2-7,10-11H,8-9H2,1H3,(H,21,23)(H,22,24). The molecule has 26 heavy (non-hydrogen) atoms. The minimum absolute atomic E-state index is 0.139. The molecule has 3 rings (SSSR count). The number of fused-ring (bicyclic) bond motifs is 1. The van der Waals surface area contributed by atoms with Crippen molar-refractivity contribution < 1.29 is 14.3 Å². The van der Waals surface area contributed by atoms with Crippen LogP contribution in [0, 0.1) is 0 Å². The van der Waals surface area contributed by atoms with Crippen LogP contribution in [0.15, 0.2) is 52.3 Å². The Morgan fingerprint density at radius 1 is 1.08 bits per heavy atom. The van der Waals surface area contributed by atoms with E-state index in [1.165, 1.54) is 18.4 Å². The SMILES string of the molecule is COc1c(C(=O)NCCNC(=O)c2cccs2)cc2ccccc2c1Br. The van der Waals surface area contributed by atoms with Gasteiger partial charge in [-0.2, -0.15) is 0 Å². The third-order valence-electron chi connectivity index (χ3n) is 3.83. The van der Waals surface area contributed by atoms with Crippen molar-refractivity contribution in [2.75, 3.05) is 20.2 Å². The molecule has 3 aromatic rings. The normalized spacial score (nSPS) is 10.5. The van der Waals surface area contributed by atoms with Crippen LogP contribution in [0.1, 0.15) is 20.0 Å². The number of amides is 2. The maximum Gasteiger partial charge on any atom is 0.261 e. The fraction of sp³-hybridized carbons (Fsp3) is 0.158. The zero-order chi connectivity index (χ0) is 18.5. The number of ether oxygens (including phenoxy) is 1. The molecule has 1 heterocycles. The number of rotatable bonds is 6. The number of hydrogen-bond donors (Lipinski definition) is 2. The van der Waals surface area contributed by atoms with Crippen molar-refractivity contribution in [3.8, 4) is 5.75 Å². The van der Waals surface area contributed by atoms with Crippen LogP contribution in [-0.4, -0.2) is 32.0 Å². The molecule has 0 atom stereocenters. The Morgan fingerprint density at radius 3 is 2.50 bits per heavy atom. The minimum Gasteiger partial charge on any atom is -0.495 e. The van der Waals surface area contributed by atoms with E-state index in [4.69, 9.17) is 4.74 Å². The summed E-state index contributed by atoms with van der Waals surface area (Å²) in [5, 5.41) is 9.36. The van der Waals surface area contributed by atoms with Crippen LogP contribution >= 0.6 is 27.3 Å². The Balaban J connectivity index is 1.67. The second kappa shape index (κ2) is 8.33. The molecule has 0 fully saturated rings. The van der Waals surface area contributed by atoms with E-state index < -0.39 is 0 Å². The minimum atomic E-state index is -0.251. The zero-order valence-electron chi connectivity index (χ0n) is 14.0. The van der Waals surface area contributed by atoms with Crippen LogP contribution in [0.3, 0.4) is 0 Å². The summed E-state index contributed by atoms with van der Waals surface area (Å²) in [6.07, 6.45) is 0. The molecule has 0 aliphatic carbocycles. The largest absolute Gasteiger partial charge is 0.495 e. The first kappa shape index (κ1) is 18.4. The first-order chi connectivity index (χ1) is 12.6. The lowest BCUT2D eigenvalue weighted by Crippen LogP contribution is -2.34. The molecule has 7 heteroatoms. The van der Waals surface area contributed by atoms with E-state index in [1.54, 1.807) is 12.1 Å². The van der Waals surface area contributed by atoms with Crippen molar-refractivity contribution in [1.82, 2.24) is 10.6 Å². The van der Waals surface area contributed by atoms with Gasteiger partial charge in [0.05, 0.1) is 22.0 Å². The highest BCUT2D eigenvalue weighted by atomic mass is 79.9. The summed E-state index contributed by atoms with van der Waals surface area (Å²) < 4.78 is 6.17. The van der Waals surface area contributed by atoms with Crippen molar-refractivity contribution in [3.63, 3.8) is 0 Å². The van der Waals surface area contributed by atoms with Gasteiger partial charge in [0, 0.05) is 13.1 Å². The second-order valence-corrected chi connectivity index (χ2v) is 7.22. The van der Waals surface area contributed by atoms with E-state index in [2.05, 4.69) is 26.6 Å². The summed E-state index contributed by atoms with van der Waals surface area (Å²) in [5.41, 5.74) is 0.447. The summed E-state index contributed by atoms with van der Waals surface area (Å²) in [4.78, 5) is 25.1. The molecule has 134 valence electrons. The Morgan fingerprint density at radius 2 is 1.81 bits per heavy atom. The summed E-state index contributed by atoms with van der Waals surface area (Å²) in [7, 11) is 1.53. The molecule has 1 aromatic heterocycles. The van der Waals surface area contributed by atoms with Gasteiger partial charge in [0.25, 0.3) is 11.8 Å². The predicted octanol–water partition coefficient (Wildman–Crippen LogP) is 3.83. The van der Waals surface area contributed by atoms with Gasteiger partial charge in [-0.15, -0.1) is 11.3 Å². The Kier molecular flexibility index (Phi) is 5.90. The molecule has 0 aliphatic heterocycles. The lowest BCUT2D eigenvalue weighted by atomic mass is 10.1. The number of carbonyl (C=O) groups is 2. The molecule has 0 bridgehead atoms. The molecule has 0 unspecified atom stereocenters. The van der Waals surface area contributed by atoms with E-state index in [-0.39, 0.29) is 11.8 Å². The average molecular weight is 433 g/mol. The monoisotopic (exact) mass is 432 g/mol. The molecule has 2 amide bonds.